The topological polar surface area (TPSA) is 41.1 Å². The zero-order valence-corrected chi connectivity index (χ0v) is 12.0. The van der Waals surface area contributed by atoms with Gasteiger partial charge in [-0.1, -0.05) is 20.8 Å². The van der Waals surface area contributed by atoms with Crippen molar-refractivity contribution in [2.24, 2.45) is 5.41 Å². The minimum atomic E-state index is -0.156. The SMILES string of the molecule is CC(C)(C)CNC(=O)Nc1ccc(I)cc1. The van der Waals surface area contributed by atoms with E-state index in [9.17, 15) is 4.79 Å². The van der Waals surface area contributed by atoms with Crippen LogP contribution in [0.2, 0.25) is 0 Å². The van der Waals surface area contributed by atoms with Crippen LogP contribution in [0.5, 0.6) is 0 Å². The summed E-state index contributed by atoms with van der Waals surface area (Å²) in [5.74, 6) is 0. The third-order valence-electron chi connectivity index (χ3n) is 1.88. The van der Waals surface area contributed by atoms with Gasteiger partial charge >= 0.3 is 6.03 Å². The van der Waals surface area contributed by atoms with Crippen molar-refractivity contribution >= 4 is 34.3 Å². The van der Waals surface area contributed by atoms with Crippen LogP contribution in [0, 0.1) is 8.99 Å². The van der Waals surface area contributed by atoms with E-state index in [1.807, 2.05) is 24.3 Å². The monoisotopic (exact) mass is 332 g/mol. The number of urea groups is 1. The molecular formula is C12H17IN2O. The molecule has 0 heterocycles. The van der Waals surface area contributed by atoms with E-state index >= 15 is 0 Å². The molecule has 0 aromatic heterocycles. The number of halogens is 1. The molecule has 4 heteroatoms. The van der Waals surface area contributed by atoms with Crippen molar-refractivity contribution in [2.75, 3.05) is 11.9 Å². The van der Waals surface area contributed by atoms with E-state index < -0.39 is 0 Å². The van der Waals surface area contributed by atoms with Crippen LogP contribution in [0.15, 0.2) is 24.3 Å². The lowest BCUT2D eigenvalue weighted by Crippen LogP contribution is -2.35. The van der Waals surface area contributed by atoms with Gasteiger partial charge in [-0.2, -0.15) is 0 Å². The molecule has 16 heavy (non-hydrogen) atoms. The molecule has 2 amide bonds. The molecule has 0 radical (unpaired) electrons. The van der Waals surface area contributed by atoms with Crippen LogP contribution in [0.4, 0.5) is 10.5 Å². The number of benzene rings is 1. The van der Waals surface area contributed by atoms with Gasteiger partial charge in [0, 0.05) is 15.8 Å². The molecule has 0 atom stereocenters. The lowest BCUT2D eigenvalue weighted by atomic mass is 9.97. The Morgan fingerprint density at radius 3 is 2.31 bits per heavy atom. The number of anilines is 1. The zero-order chi connectivity index (χ0) is 12.2. The van der Waals surface area contributed by atoms with Crippen LogP contribution in [-0.4, -0.2) is 12.6 Å². The molecule has 1 aromatic carbocycles. The average Bonchev–Trinajstić information content (AvgIpc) is 2.18. The van der Waals surface area contributed by atoms with Crippen molar-refractivity contribution in [2.45, 2.75) is 20.8 Å². The normalized spacial score (nSPS) is 11.0. The lowest BCUT2D eigenvalue weighted by molar-refractivity contribution is 0.247. The molecule has 88 valence electrons. The predicted molar refractivity (Wildman–Crippen MR) is 75.6 cm³/mol. The number of hydrogen-bond acceptors (Lipinski definition) is 1. The highest BCUT2D eigenvalue weighted by Crippen LogP contribution is 2.12. The van der Waals surface area contributed by atoms with E-state index in [0.717, 1.165) is 9.26 Å². The van der Waals surface area contributed by atoms with Gasteiger partial charge in [-0.15, -0.1) is 0 Å². The van der Waals surface area contributed by atoms with Gasteiger partial charge in [-0.3, -0.25) is 0 Å². The summed E-state index contributed by atoms with van der Waals surface area (Å²) < 4.78 is 1.15. The first-order valence-corrected chi connectivity index (χ1v) is 6.25. The van der Waals surface area contributed by atoms with Crippen LogP contribution in [0.25, 0.3) is 0 Å². The van der Waals surface area contributed by atoms with Gasteiger partial charge in [-0.05, 0) is 52.3 Å². The van der Waals surface area contributed by atoms with Gasteiger partial charge in [0.1, 0.15) is 0 Å². The summed E-state index contributed by atoms with van der Waals surface area (Å²) in [7, 11) is 0. The molecule has 0 saturated heterocycles. The van der Waals surface area contributed by atoms with Crippen molar-refractivity contribution in [3.63, 3.8) is 0 Å². The van der Waals surface area contributed by atoms with Crippen LogP contribution in [0.1, 0.15) is 20.8 Å². The second-order valence-electron chi connectivity index (χ2n) is 4.88. The Balaban J connectivity index is 2.43. The van der Waals surface area contributed by atoms with E-state index in [2.05, 4.69) is 54.0 Å². The smallest absolute Gasteiger partial charge is 0.319 e. The minimum absolute atomic E-state index is 0.101. The molecule has 0 spiro atoms. The second kappa shape index (κ2) is 5.52. The maximum Gasteiger partial charge on any atom is 0.319 e. The van der Waals surface area contributed by atoms with Gasteiger partial charge in [0.05, 0.1) is 0 Å². The summed E-state index contributed by atoms with van der Waals surface area (Å²) >= 11 is 2.23. The molecule has 0 bridgehead atoms. The first-order chi connectivity index (χ1) is 7.37. The molecular weight excluding hydrogens is 315 g/mol. The third kappa shape index (κ3) is 5.34. The van der Waals surface area contributed by atoms with E-state index in [0.29, 0.717) is 6.54 Å². The summed E-state index contributed by atoms with van der Waals surface area (Å²) in [5.41, 5.74) is 0.912. The Hall–Kier alpha value is -0.780. The maximum absolute atomic E-state index is 11.5. The van der Waals surface area contributed by atoms with Gasteiger partial charge in [0.15, 0.2) is 0 Å². The Labute approximate surface area is 110 Å². The number of hydrogen-bond donors (Lipinski definition) is 2. The Morgan fingerprint density at radius 1 is 1.25 bits per heavy atom. The summed E-state index contributed by atoms with van der Waals surface area (Å²) in [6.07, 6.45) is 0. The molecule has 0 aliphatic rings. The highest BCUT2D eigenvalue weighted by molar-refractivity contribution is 14.1. The lowest BCUT2D eigenvalue weighted by Gasteiger charge is -2.18. The van der Waals surface area contributed by atoms with E-state index in [1.54, 1.807) is 0 Å². The molecule has 0 fully saturated rings. The van der Waals surface area contributed by atoms with Crippen LogP contribution in [0.3, 0.4) is 0 Å². The van der Waals surface area contributed by atoms with Crippen molar-refractivity contribution in [3.05, 3.63) is 27.8 Å². The predicted octanol–water partition coefficient (Wildman–Crippen LogP) is 3.46. The van der Waals surface area contributed by atoms with E-state index in [-0.39, 0.29) is 11.4 Å². The number of carbonyl (C=O) groups is 1. The molecule has 1 rings (SSSR count). The van der Waals surface area contributed by atoms with Crippen LogP contribution < -0.4 is 10.6 Å². The van der Waals surface area contributed by atoms with Gasteiger partial charge in [0.25, 0.3) is 0 Å². The fourth-order valence-electron chi connectivity index (χ4n) is 1.05. The van der Waals surface area contributed by atoms with Gasteiger partial charge in [0.2, 0.25) is 0 Å². The number of carbonyl (C=O) groups excluding carboxylic acids is 1. The number of amides is 2. The van der Waals surface area contributed by atoms with E-state index in [4.69, 9.17) is 0 Å². The highest BCUT2D eigenvalue weighted by atomic mass is 127. The van der Waals surface area contributed by atoms with Crippen LogP contribution >= 0.6 is 22.6 Å². The Kier molecular flexibility index (Phi) is 4.58. The first kappa shape index (κ1) is 13.3. The fraction of sp³-hybridized carbons (Fsp3) is 0.417. The molecule has 0 aliphatic carbocycles. The first-order valence-electron chi connectivity index (χ1n) is 5.17. The Bertz CT molecular complexity index is 354. The van der Waals surface area contributed by atoms with Crippen molar-refractivity contribution in [3.8, 4) is 0 Å². The highest BCUT2D eigenvalue weighted by Gasteiger charge is 2.11. The quantitative estimate of drug-likeness (QED) is 0.800. The Morgan fingerprint density at radius 2 is 1.81 bits per heavy atom. The number of nitrogens with one attached hydrogen (secondary N) is 2. The summed E-state index contributed by atoms with van der Waals surface area (Å²) in [4.78, 5) is 11.5. The third-order valence-corrected chi connectivity index (χ3v) is 2.60. The zero-order valence-electron chi connectivity index (χ0n) is 9.80. The summed E-state index contributed by atoms with van der Waals surface area (Å²) in [6, 6.07) is 7.53. The molecule has 2 N–H and O–H groups in total. The largest absolute Gasteiger partial charge is 0.337 e. The average molecular weight is 332 g/mol. The van der Waals surface area contributed by atoms with Gasteiger partial charge < -0.3 is 10.6 Å². The molecule has 3 nitrogen and oxygen atoms in total. The summed E-state index contributed by atoms with van der Waals surface area (Å²) in [6.45, 7) is 6.90. The standard InChI is InChI=1S/C12H17IN2O/c1-12(2,3)8-14-11(16)15-10-6-4-9(13)5-7-10/h4-7H,8H2,1-3H3,(H2,14,15,16). The molecule has 0 aliphatic heterocycles. The molecule has 0 unspecified atom stereocenters. The summed E-state index contributed by atoms with van der Waals surface area (Å²) in [5, 5.41) is 5.62. The van der Waals surface area contributed by atoms with Crippen molar-refractivity contribution < 1.29 is 4.79 Å². The van der Waals surface area contributed by atoms with Gasteiger partial charge in [-0.25, -0.2) is 4.79 Å². The van der Waals surface area contributed by atoms with E-state index in [1.165, 1.54) is 0 Å². The van der Waals surface area contributed by atoms with Crippen molar-refractivity contribution in [1.82, 2.24) is 5.32 Å². The fourth-order valence-corrected chi connectivity index (χ4v) is 1.41. The maximum atomic E-state index is 11.5. The molecule has 0 saturated carbocycles. The van der Waals surface area contributed by atoms with Crippen molar-refractivity contribution in [1.29, 1.82) is 0 Å². The van der Waals surface area contributed by atoms with Crippen LogP contribution in [-0.2, 0) is 0 Å². The molecule has 1 aromatic rings. The number of rotatable bonds is 2. The minimum Gasteiger partial charge on any atom is -0.337 e. The second-order valence-corrected chi connectivity index (χ2v) is 6.12.